The highest BCUT2D eigenvalue weighted by molar-refractivity contribution is 6.04. The fourth-order valence-corrected chi connectivity index (χ4v) is 4.70. The second kappa shape index (κ2) is 11.5. The molecule has 1 saturated carbocycles. The zero-order chi connectivity index (χ0) is 27.4. The molecule has 9 nitrogen and oxygen atoms in total. The van der Waals surface area contributed by atoms with Crippen LogP contribution in [0.3, 0.4) is 0 Å². The van der Waals surface area contributed by atoms with Crippen LogP contribution in [0.2, 0.25) is 0 Å². The molecule has 2 aromatic carbocycles. The van der Waals surface area contributed by atoms with Gasteiger partial charge in [-0.15, -0.1) is 0 Å². The van der Waals surface area contributed by atoms with Gasteiger partial charge in [-0.1, -0.05) is 24.1 Å². The van der Waals surface area contributed by atoms with Crippen LogP contribution in [0.25, 0.3) is 11.2 Å². The fourth-order valence-electron chi connectivity index (χ4n) is 4.70. The highest BCUT2D eigenvalue weighted by atomic mass is 16.3. The minimum Gasteiger partial charge on any atom is -0.393 e. The lowest BCUT2D eigenvalue weighted by Gasteiger charge is -2.26. The number of nitrogens with zero attached hydrogens (tertiary/aromatic N) is 4. The number of hydrogen-bond donors (Lipinski definition) is 4. The number of carbonyl (C=O) groups excluding carboxylic acids is 1. The van der Waals surface area contributed by atoms with Crippen molar-refractivity contribution in [2.45, 2.75) is 65.1 Å². The second-order valence-corrected chi connectivity index (χ2v) is 9.98. The summed E-state index contributed by atoms with van der Waals surface area (Å²) in [6, 6.07) is 13.6. The Kier molecular flexibility index (Phi) is 7.75. The normalized spacial score (nSPS) is 16.8. The highest BCUT2D eigenvalue weighted by Crippen LogP contribution is 2.27. The largest absolute Gasteiger partial charge is 0.393 e. The van der Waals surface area contributed by atoms with Crippen LogP contribution in [0.5, 0.6) is 0 Å². The summed E-state index contributed by atoms with van der Waals surface area (Å²) in [6.45, 7) is 6.75. The number of fused-ring (bicyclic) bond motifs is 1. The van der Waals surface area contributed by atoms with Gasteiger partial charge in [0.1, 0.15) is 0 Å². The standard InChI is InChI=1S/C30H33N7O2/c1-4-37-18-31-27-28(35-30(36-29(27)37)34-22-11-13-25(38)14-12-22)33-24-7-5-6-23(17-24)32-26(39)15-10-21-16-19(2)8-9-20(21)3/h5-9,16-18,22,25,38H,4,11-14H2,1-3H3,(H,32,39)(H2,33,34,35,36). The van der Waals surface area contributed by atoms with Gasteiger partial charge in [-0.3, -0.25) is 4.79 Å². The number of imidazole rings is 1. The second-order valence-electron chi connectivity index (χ2n) is 9.98. The molecule has 200 valence electrons. The van der Waals surface area contributed by atoms with Crippen LogP contribution in [0, 0.1) is 25.7 Å². The zero-order valence-electron chi connectivity index (χ0n) is 22.5. The maximum atomic E-state index is 12.6. The first-order valence-corrected chi connectivity index (χ1v) is 13.3. The van der Waals surface area contributed by atoms with E-state index >= 15 is 0 Å². The summed E-state index contributed by atoms with van der Waals surface area (Å²) >= 11 is 0. The fraction of sp³-hybridized carbons (Fsp3) is 0.333. The minimum atomic E-state index is -0.386. The van der Waals surface area contributed by atoms with E-state index in [0.717, 1.165) is 60.3 Å². The maximum absolute atomic E-state index is 12.6. The van der Waals surface area contributed by atoms with Gasteiger partial charge in [0.25, 0.3) is 0 Å². The molecule has 0 unspecified atom stereocenters. The van der Waals surface area contributed by atoms with Crippen LogP contribution in [0.1, 0.15) is 49.3 Å². The van der Waals surface area contributed by atoms with Gasteiger partial charge in [0.15, 0.2) is 17.0 Å². The highest BCUT2D eigenvalue weighted by Gasteiger charge is 2.21. The van der Waals surface area contributed by atoms with E-state index < -0.39 is 0 Å². The molecular formula is C30H33N7O2. The maximum Gasteiger partial charge on any atom is 0.300 e. The Morgan fingerprint density at radius 1 is 1.08 bits per heavy atom. The van der Waals surface area contributed by atoms with Gasteiger partial charge >= 0.3 is 5.91 Å². The summed E-state index contributed by atoms with van der Waals surface area (Å²) in [6.07, 6.45) is 4.81. The predicted molar refractivity (Wildman–Crippen MR) is 154 cm³/mol. The lowest BCUT2D eigenvalue weighted by molar-refractivity contribution is -0.111. The molecule has 1 amide bonds. The Balaban J connectivity index is 1.35. The Labute approximate surface area is 228 Å². The predicted octanol–water partition coefficient (Wildman–Crippen LogP) is 4.91. The van der Waals surface area contributed by atoms with Crippen molar-refractivity contribution < 1.29 is 9.90 Å². The number of benzene rings is 2. The van der Waals surface area contributed by atoms with Gasteiger partial charge in [0, 0.05) is 35.4 Å². The van der Waals surface area contributed by atoms with Crippen LogP contribution in [-0.4, -0.2) is 42.7 Å². The third-order valence-electron chi connectivity index (χ3n) is 6.92. The number of aliphatic hydroxyl groups excluding tert-OH is 1. The summed E-state index contributed by atoms with van der Waals surface area (Å²) in [5.41, 5.74) is 5.73. The van der Waals surface area contributed by atoms with Gasteiger partial charge in [0.2, 0.25) is 5.95 Å². The van der Waals surface area contributed by atoms with E-state index in [1.165, 1.54) is 0 Å². The van der Waals surface area contributed by atoms with E-state index in [1.54, 1.807) is 6.33 Å². The monoisotopic (exact) mass is 523 g/mol. The van der Waals surface area contributed by atoms with Crippen molar-refractivity contribution in [2.24, 2.45) is 0 Å². The van der Waals surface area contributed by atoms with Crippen molar-refractivity contribution >= 4 is 40.2 Å². The smallest absolute Gasteiger partial charge is 0.300 e. The Morgan fingerprint density at radius 3 is 2.67 bits per heavy atom. The number of anilines is 4. The molecule has 39 heavy (non-hydrogen) atoms. The Hall–Kier alpha value is -4.42. The van der Waals surface area contributed by atoms with E-state index in [2.05, 4.69) is 32.8 Å². The molecule has 4 aromatic rings. The molecular weight excluding hydrogens is 490 g/mol. The molecule has 4 N–H and O–H groups in total. The van der Waals surface area contributed by atoms with Crippen molar-refractivity contribution in [3.63, 3.8) is 0 Å². The summed E-state index contributed by atoms with van der Waals surface area (Å²) in [5, 5.41) is 19.5. The van der Waals surface area contributed by atoms with Gasteiger partial charge in [-0.05, 0) is 81.8 Å². The Bertz CT molecular complexity index is 1560. The topological polar surface area (TPSA) is 117 Å². The first-order chi connectivity index (χ1) is 18.9. The molecule has 0 aliphatic heterocycles. The van der Waals surface area contributed by atoms with Gasteiger partial charge < -0.3 is 25.6 Å². The average Bonchev–Trinajstić information content (AvgIpc) is 3.34. The van der Waals surface area contributed by atoms with Gasteiger partial charge in [-0.2, -0.15) is 9.97 Å². The molecule has 1 aliphatic rings. The van der Waals surface area contributed by atoms with Gasteiger partial charge in [-0.25, -0.2) is 4.98 Å². The van der Waals surface area contributed by atoms with Crippen molar-refractivity contribution in [1.29, 1.82) is 0 Å². The third-order valence-corrected chi connectivity index (χ3v) is 6.92. The molecule has 0 spiro atoms. The molecule has 9 heteroatoms. The number of carbonyl (C=O) groups is 1. The first-order valence-electron chi connectivity index (χ1n) is 13.3. The molecule has 0 saturated heterocycles. The lowest BCUT2D eigenvalue weighted by atomic mass is 9.93. The van der Waals surface area contributed by atoms with E-state index in [4.69, 9.17) is 9.97 Å². The number of nitrogens with one attached hydrogen (secondary N) is 3. The number of aromatic nitrogens is 4. The summed E-state index contributed by atoms with van der Waals surface area (Å²) in [4.78, 5) is 26.6. The van der Waals surface area contributed by atoms with Crippen LogP contribution < -0.4 is 16.0 Å². The molecule has 0 atom stereocenters. The van der Waals surface area contributed by atoms with Crippen molar-refractivity contribution in [3.8, 4) is 11.8 Å². The molecule has 1 aliphatic carbocycles. The van der Waals surface area contributed by atoms with E-state index in [-0.39, 0.29) is 18.1 Å². The number of hydrogen-bond acceptors (Lipinski definition) is 7. The van der Waals surface area contributed by atoms with Crippen molar-refractivity contribution in [2.75, 3.05) is 16.0 Å². The lowest BCUT2D eigenvalue weighted by Crippen LogP contribution is -2.29. The molecule has 2 aromatic heterocycles. The summed E-state index contributed by atoms with van der Waals surface area (Å²) in [7, 11) is 0. The van der Waals surface area contributed by atoms with E-state index in [9.17, 15) is 9.90 Å². The summed E-state index contributed by atoms with van der Waals surface area (Å²) < 4.78 is 1.98. The van der Waals surface area contributed by atoms with Crippen LogP contribution in [-0.2, 0) is 11.3 Å². The molecule has 0 bridgehead atoms. The van der Waals surface area contributed by atoms with Crippen LogP contribution in [0.4, 0.5) is 23.1 Å². The summed E-state index contributed by atoms with van der Waals surface area (Å²) in [5.74, 6) is 6.37. The molecule has 2 heterocycles. The minimum absolute atomic E-state index is 0.208. The first kappa shape index (κ1) is 26.2. The van der Waals surface area contributed by atoms with Gasteiger partial charge in [0.05, 0.1) is 12.4 Å². The number of rotatable bonds is 6. The zero-order valence-corrected chi connectivity index (χ0v) is 22.5. The number of amides is 1. The van der Waals surface area contributed by atoms with E-state index in [1.807, 2.05) is 67.8 Å². The van der Waals surface area contributed by atoms with Crippen molar-refractivity contribution in [1.82, 2.24) is 19.5 Å². The molecule has 0 radical (unpaired) electrons. The molecule has 5 rings (SSSR count). The molecule has 1 fully saturated rings. The third kappa shape index (κ3) is 6.36. The Morgan fingerprint density at radius 2 is 1.87 bits per heavy atom. The van der Waals surface area contributed by atoms with Crippen molar-refractivity contribution in [3.05, 3.63) is 65.5 Å². The van der Waals surface area contributed by atoms with E-state index in [0.29, 0.717) is 23.0 Å². The van der Waals surface area contributed by atoms with Crippen LogP contribution in [0.15, 0.2) is 48.8 Å². The quantitative estimate of drug-likeness (QED) is 0.265. The average molecular weight is 524 g/mol. The number of aryl methyl sites for hydroxylation is 3. The SMILES string of the molecule is CCn1cnc2c(Nc3cccc(NC(=O)C#Cc4cc(C)ccc4C)c3)nc(NC3CCC(O)CC3)nc21. The van der Waals surface area contributed by atoms with Crippen LogP contribution >= 0.6 is 0 Å². The number of aliphatic hydroxyl groups is 1.